The second-order valence-electron chi connectivity index (χ2n) is 3.79. The predicted molar refractivity (Wildman–Crippen MR) is 58.7 cm³/mol. The van der Waals surface area contributed by atoms with Gasteiger partial charge in [0.15, 0.2) is 0 Å². The third kappa shape index (κ3) is 3.34. The number of carbonyl (C=O) groups excluding carboxylic acids is 2. The van der Waals surface area contributed by atoms with E-state index in [0.717, 1.165) is 19.4 Å². The van der Waals surface area contributed by atoms with Crippen LogP contribution in [0.25, 0.3) is 0 Å². The van der Waals surface area contributed by atoms with Crippen LogP contribution < -0.4 is 5.48 Å². The van der Waals surface area contributed by atoms with E-state index in [2.05, 4.69) is 0 Å². The van der Waals surface area contributed by atoms with Gasteiger partial charge in [-0.25, -0.2) is 5.48 Å². The predicted octanol–water partition coefficient (Wildman–Crippen LogP) is 0.841. The number of carbonyl (C=O) groups is 2. The summed E-state index contributed by atoms with van der Waals surface area (Å²) in [6.07, 6.45) is 4.28. The van der Waals surface area contributed by atoms with Gasteiger partial charge < -0.3 is 4.90 Å². The van der Waals surface area contributed by atoms with Crippen LogP contribution in [0.2, 0.25) is 0 Å². The minimum atomic E-state index is -0.457. The van der Waals surface area contributed by atoms with Crippen molar-refractivity contribution < 1.29 is 14.8 Å². The number of hydrogen-bond acceptors (Lipinski definition) is 3. The van der Waals surface area contributed by atoms with Gasteiger partial charge in [-0.2, -0.15) is 0 Å². The molecule has 5 heteroatoms. The lowest BCUT2D eigenvalue weighted by Crippen LogP contribution is -2.32. The van der Waals surface area contributed by atoms with E-state index in [1.54, 1.807) is 10.4 Å². The van der Waals surface area contributed by atoms with Gasteiger partial charge in [-0.1, -0.05) is 6.08 Å². The zero-order valence-corrected chi connectivity index (χ0v) is 9.53. The third-order valence-corrected chi connectivity index (χ3v) is 2.71. The third-order valence-electron chi connectivity index (χ3n) is 2.71. The van der Waals surface area contributed by atoms with Crippen molar-refractivity contribution in [2.24, 2.45) is 0 Å². The average molecular weight is 226 g/mol. The van der Waals surface area contributed by atoms with Gasteiger partial charge >= 0.3 is 0 Å². The number of hydrogen-bond donors (Lipinski definition) is 2. The lowest BCUT2D eigenvalue weighted by Gasteiger charge is -2.19. The van der Waals surface area contributed by atoms with Crippen LogP contribution in [0.15, 0.2) is 11.6 Å². The Morgan fingerprint density at radius 2 is 2.38 bits per heavy atom. The maximum absolute atomic E-state index is 11.9. The summed E-state index contributed by atoms with van der Waals surface area (Å²) in [4.78, 5) is 24.6. The van der Waals surface area contributed by atoms with Gasteiger partial charge in [-0.3, -0.25) is 14.8 Å². The first-order valence-electron chi connectivity index (χ1n) is 5.60. The fraction of sp³-hybridized carbons (Fsp3) is 0.636. The molecule has 1 aliphatic rings. The van der Waals surface area contributed by atoms with Gasteiger partial charge in [-0.05, 0) is 26.2 Å². The molecule has 16 heavy (non-hydrogen) atoms. The molecule has 0 radical (unpaired) electrons. The standard InChI is InChI=1S/C11H18N2O3/c1-2-13-8-4-3-5-9(11(13)15)6-7-10(14)12-16/h5,16H,2-4,6-8H2,1H3,(H,12,14). The summed E-state index contributed by atoms with van der Waals surface area (Å²) >= 11 is 0. The molecule has 0 unspecified atom stereocenters. The highest BCUT2D eigenvalue weighted by molar-refractivity contribution is 5.94. The van der Waals surface area contributed by atoms with Crippen molar-refractivity contribution in [3.05, 3.63) is 11.6 Å². The van der Waals surface area contributed by atoms with E-state index in [4.69, 9.17) is 5.21 Å². The number of amides is 2. The summed E-state index contributed by atoms with van der Waals surface area (Å²) in [6, 6.07) is 0. The van der Waals surface area contributed by atoms with Crippen molar-refractivity contribution in [1.82, 2.24) is 10.4 Å². The van der Waals surface area contributed by atoms with Gasteiger partial charge in [0.1, 0.15) is 0 Å². The van der Waals surface area contributed by atoms with Crippen LogP contribution in [0.3, 0.4) is 0 Å². The molecule has 0 spiro atoms. The first-order chi connectivity index (χ1) is 7.69. The molecule has 0 fully saturated rings. The second-order valence-corrected chi connectivity index (χ2v) is 3.79. The molecule has 1 rings (SSSR count). The van der Waals surface area contributed by atoms with E-state index >= 15 is 0 Å². The van der Waals surface area contributed by atoms with Gasteiger partial charge in [0, 0.05) is 25.1 Å². The van der Waals surface area contributed by atoms with Crippen molar-refractivity contribution in [2.45, 2.75) is 32.6 Å². The summed E-state index contributed by atoms with van der Waals surface area (Å²) in [6.45, 7) is 3.42. The number of nitrogens with one attached hydrogen (secondary N) is 1. The Kier molecular flexibility index (Phi) is 4.98. The highest BCUT2D eigenvalue weighted by Gasteiger charge is 2.19. The molecule has 0 bridgehead atoms. The van der Waals surface area contributed by atoms with Gasteiger partial charge in [0.25, 0.3) is 0 Å². The van der Waals surface area contributed by atoms with Crippen molar-refractivity contribution in [2.75, 3.05) is 13.1 Å². The molecule has 0 saturated heterocycles. The van der Waals surface area contributed by atoms with Crippen LogP contribution in [0.5, 0.6) is 0 Å². The van der Waals surface area contributed by atoms with E-state index < -0.39 is 5.91 Å². The molecule has 5 nitrogen and oxygen atoms in total. The van der Waals surface area contributed by atoms with Crippen LogP contribution >= 0.6 is 0 Å². The van der Waals surface area contributed by atoms with Crippen LogP contribution in [-0.2, 0) is 9.59 Å². The van der Waals surface area contributed by atoms with Crippen LogP contribution in [0.4, 0.5) is 0 Å². The summed E-state index contributed by atoms with van der Waals surface area (Å²) in [5, 5.41) is 8.37. The molecular weight excluding hydrogens is 208 g/mol. The largest absolute Gasteiger partial charge is 0.339 e. The van der Waals surface area contributed by atoms with Gasteiger partial charge in [0.05, 0.1) is 0 Å². The quantitative estimate of drug-likeness (QED) is 0.551. The highest BCUT2D eigenvalue weighted by atomic mass is 16.5. The summed E-state index contributed by atoms with van der Waals surface area (Å²) < 4.78 is 0. The molecule has 0 saturated carbocycles. The molecule has 2 amide bonds. The fourth-order valence-corrected chi connectivity index (χ4v) is 1.77. The first kappa shape index (κ1) is 12.7. The van der Waals surface area contributed by atoms with Crippen LogP contribution in [0, 0.1) is 0 Å². The van der Waals surface area contributed by atoms with Gasteiger partial charge in [-0.15, -0.1) is 0 Å². The van der Waals surface area contributed by atoms with Crippen molar-refractivity contribution in [3.63, 3.8) is 0 Å². The number of likely N-dealkylation sites (N-methyl/N-ethyl adjacent to an activating group) is 1. The minimum absolute atomic E-state index is 0.0192. The zero-order chi connectivity index (χ0) is 12.0. The van der Waals surface area contributed by atoms with Crippen LogP contribution in [0.1, 0.15) is 32.6 Å². The Balaban J connectivity index is 2.58. The van der Waals surface area contributed by atoms with E-state index in [1.807, 2.05) is 13.0 Å². The number of allylic oxidation sites excluding steroid dienone is 1. The molecule has 0 aromatic carbocycles. The molecule has 90 valence electrons. The molecule has 1 aliphatic heterocycles. The van der Waals surface area contributed by atoms with Crippen molar-refractivity contribution in [3.8, 4) is 0 Å². The SMILES string of the molecule is CCN1CCCC=C(CCC(=O)NO)C1=O. The minimum Gasteiger partial charge on any atom is -0.339 e. The Bertz CT molecular complexity index is 300. The summed E-state index contributed by atoms with van der Waals surface area (Å²) in [5.41, 5.74) is 2.25. The normalized spacial score (nSPS) is 16.8. The Hall–Kier alpha value is -1.36. The Morgan fingerprint density at radius 3 is 3.00 bits per heavy atom. The number of rotatable bonds is 4. The smallest absolute Gasteiger partial charge is 0.249 e. The molecular formula is C11H18N2O3. The van der Waals surface area contributed by atoms with Crippen LogP contribution in [-0.4, -0.2) is 35.0 Å². The molecule has 0 aliphatic carbocycles. The first-order valence-corrected chi connectivity index (χ1v) is 5.60. The Labute approximate surface area is 95.1 Å². The molecule has 0 atom stereocenters. The maximum Gasteiger partial charge on any atom is 0.249 e. The van der Waals surface area contributed by atoms with E-state index in [-0.39, 0.29) is 12.3 Å². The molecule has 1 heterocycles. The molecule has 0 aromatic rings. The molecule has 2 N–H and O–H groups in total. The molecule has 0 aromatic heterocycles. The lowest BCUT2D eigenvalue weighted by molar-refractivity contribution is -0.129. The van der Waals surface area contributed by atoms with Gasteiger partial charge in [0.2, 0.25) is 11.8 Å². The van der Waals surface area contributed by atoms with Crippen molar-refractivity contribution in [1.29, 1.82) is 0 Å². The number of hydroxylamine groups is 1. The number of nitrogens with zero attached hydrogens (tertiary/aromatic N) is 1. The highest BCUT2D eigenvalue weighted by Crippen LogP contribution is 2.15. The van der Waals surface area contributed by atoms with E-state index in [1.165, 1.54) is 0 Å². The Morgan fingerprint density at radius 1 is 1.62 bits per heavy atom. The fourth-order valence-electron chi connectivity index (χ4n) is 1.77. The monoisotopic (exact) mass is 226 g/mol. The topological polar surface area (TPSA) is 69.6 Å². The van der Waals surface area contributed by atoms with E-state index in [0.29, 0.717) is 18.5 Å². The van der Waals surface area contributed by atoms with E-state index in [9.17, 15) is 9.59 Å². The zero-order valence-electron chi connectivity index (χ0n) is 9.53. The average Bonchev–Trinajstić information content (AvgIpc) is 2.48. The second kappa shape index (κ2) is 6.27. The van der Waals surface area contributed by atoms with Crippen molar-refractivity contribution >= 4 is 11.8 Å². The summed E-state index contributed by atoms with van der Waals surface area (Å²) in [5.74, 6) is -0.438. The summed E-state index contributed by atoms with van der Waals surface area (Å²) in [7, 11) is 0. The maximum atomic E-state index is 11.9. The lowest BCUT2D eigenvalue weighted by atomic mass is 10.1.